The number of aryl methyl sites for hydroxylation is 1. The van der Waals surface area contributed by atoms with Gasteiger partial charge in [-0.3, -0.25) is 0 Å². The quantitative estimate of drug-likeness (QED) is 0.227. The van der Waals surface area contributed by atoms with E-state index in [2.05, 4.69) is 79.3 Å². The van der Waals surface area contributed by atoms with Crippen LogP contribution >= 0.6 is 35.7 Å². The molecule has 1 aliphatic rings. The van der Waals surface area contributed by atoms with Crippen LogP contribution in [0.4, 0.5) is 0 Å². The predicted molar refractivity (Wildman–Crippen MR) is 134 cm³/mol. The molecule has 2 unspecified atom stereocenters. The molecule has 2 atom stereocenters. The third kappa shape index (κ3) is 6.89. The molecule has 1 heterocycles. The molecule has 29 heavy (non-hydrogen) atoms. The van der Waals surface area contributed by atoms with E-state index in [0.29, 0.717) is 12.5 Å². The molecule has 0 bridgehead atoms. The first-order chi connectivity index (χ1) is 13.7. The van der Waals surface area contributed by atoms with Crippen LogP contribution in [0.1, 0.15) is 36.1 Å². The number of ether oxygens (including phenoxy) is 1. The minimum absolute atomic E-state index is 0. The summed E-state index contributed by atoms with van der Waals surface area (Å²) in [5.41, 5.74) is 3.81. The molecule has 2 N–H and O–H groups in total. The zero-order chi connectivity index (χ0) is 19.8. The molecule has 6 heteroatoms. The van der Waals surface area contributed by atoms with Crippen LogP contribution in [0.15, 0.2) is 58.4 Å². The smallest absolute Gasteiger partial charge is 0.191 e. The van der Waals surface area contributed by atoms with Crippen molar-refractivity contribution in [3.63, 3.8) is 0 Å². The molecular formula is C23H32IN3OS. The number of aliphatic imine (C=N–C) groups is 1. The highest BCUT2D eigenvalue weighted by atomic mass is 127. The Morgan fingerprint density at radius 1 is 1.17 bits per heavy atom. The summed E-state index contributed by atoms with van der Waals surface area (Å²) in [6.07, 6.45) is 3.35. The van der Waals surface area contributed by atoms with Crippen LogP contribution in [0.5, 0.6) is 0 Å². The summed E-state index contributed by atoms with van der Waals surface area (Å²) < 4.78 is 6.01. The van der Waals surface area contributed by atoms with Gasteiger partial charge in [-0.15, -0.1) is 35.7 Å². The van der Waals surface area contributed by atoms with E-state index >= 15 is 0 Å². The molecule has 1 aliphatic heterocycles. The van der Waals surface area contributed by atoms with E-state index in [0.717, 1.165) is 32.1 Å². The Balaban J connectivity index is 0.00000300. The fourth-order valence-corrected chi connectivity index (χ4v) is 4.27. The summed E-state index contributed by atoms with van der Waals surface area (Å²) in [5, 5.41) is 6.91. The molecule has 0 radical (unpaired) electrons. The number of benzene rings is 2. The fourth-order valence-electron chi connectivity index (χ4n) is 3.57. The second kappa shape index (κ2) is 12.4. The Morgan fingerprint density at radius 3 is 2.69 bits per heavy atom. The summed E-state index contributed by atoms with van der Waals surface area (Å²) in [6, 6.07) is 17.1. The summed E-state index contributed by atoms with van der Waals surface area (Å²) in [4.78, 5) is 6.12. The van der Waals surface area contributed by atoms with Crippen molar-refractivity contribution in [2.75, 3.05) is 26.0 Å². The number of nitrogens with one attached hydrogen (secondary N) is 2. The first-order valence-electron chi connectivity index (χ1n) is 10.0. The number of thioether (sulfide) groups is 1. The molecule has 3 rings (SSSR count). The monoisotopic (exact) mass is 525 g/mol. The second-order valence-electron chi connectivity index (χ2n) is 7.14. The van der Waals surface area contributed by atoms with Gasteiger partial charge in [-0.05, 0) is 49.3 Å². The molecule has 2 aromatic rings. The zero-order valence-corrected chi connectivity index (χ0v) is 20.6. The fraction of sp³-hybridized carbons (Fsp3) is 0.435. The van der Waals surface area contributed by atoms with Crippen molar-refractivity contribution in [3.05, 3.63) is 65.2 Å². The van der Waals surface area contributed by atoms with Crippen LogP contribution in [-0.2, 0) is 11.3 Å². The van der Waals surface area contributed by atoms with Crippen LogP contribution in [0.25, 0.3) is 0 Å². The van der Waals surface area contributed by atoms with Crippen molar-refractivity contribution in [2.45, 2.75) is 37.8 Å². The number of rotatable bonds is 7. The maximum Gasteiger partial charge on any atom is 0.191 e. The van der Waals surface area contributed by atoms with Crippen LogP contribution in [0, 0.1) is 12.8 Å². The van der Waals surface area contributed by atoms with Crippen LogP contribution in [-0.4, -0.2) is 31.9 Å². The normalized spacial score (nSPS) is 18.9. The number of nitrogens with zero attached hydrogens (tertiary/aromatic N) is 1. The molecule has 2 aromatic carbocycles. The lowest BCUT2D eigenvalue weighted by molar-refractivity contribution is 0.0915. The van der Waals surface area contributed by atoms with Crippen LogP contribution in [0.3, 0.4) is 0 Å². The second-order valence-corrected chi connectivity index (χ2v) is 7.99. The molecule has 0 saturated carbocycles. The van der Waals surface area contributed by atoms with Gasteiger partial charge in [0.05, 0.1) is 12.6 Å². The van der Waals surface area contributed by atoms with Crippen LogP contribution in [0.2, 0.25) is 0 Å². The van der Waals surface area contributed by atoms with E-state index in [1.165, 1.54) is 21.6 Å². The Bertz CT molecular complexity index is 785. The Kier molecular flexibility index (Phi) is 10.3. The van der Waals surface area contributed by atoms with Gasteiger partial charge in [-0.25, -0.2) is 4.99 Å². The van der Waals surface area contributed by atoms with Gasteiger partial charge in [0.25, 0.3) is 0 Å². The molecule has 1 fully saturated rings. The molecular weight excluding hydrogens is 493 g/mol. The lowest BCUT2D eigenvalue weighted by Gasteiger charge is -2.21. The van der Waals surface area contributed by atoms with E-state index < -0.39 is 0 Å². The van der Waals surface area contributed by atoms with Gasteiger partial charge < -0.3 is 15.4 Å². The van der Waals surface area contributed by atoms with Gasteiger partial charge in [0.2, 0.25) is 0 Å². The van der Waals surface area contributed by atoms with Crippen molar-refractivity contribution >= 4 is 41.7 Å². The summed E-state index contributed by atoms with van der Waals surface area (Å²) >= 11 is 1.78. The van der Waals surface area contributed by atoms with Gasteiger partial charge in [0.1, 0.15) is 0 Å². The summed E-state index contributed by atoms with van der Waals surface area (Å²) in [6.45, 7) is 7.43. The van der Waals surface area contributed by atoms with Gasteiger partial charge in [0, 0.05) is 30.5 Å². The van der Waals surface area contributed by atoms with Crippen molar-refractivity contribution in [1.29, 1.82) is 0 Å². The van der Waals surface area contributed by atoms with Crippen molar-refractivity contribution in [3.8, 4) is 0 Å². The first-order valence-corrected chi connectivity index (χ1v) is 11.3. The van der Waals surface area contributed by atoms with Crippen molar-refractivity contribution in [2.24, 2.45) is 10.9 Å². The SMILES string of the molecule is CCNC(=NCc1ccc(C)cc1SC)NCC1CCOC1c1ccccc1.I. The average Bonchev–Trinajstić information content (AvgIpc) is 3.20. The van der Waals surface area contributed by atoms with Gasteiger partial charge in [-0.1, -0.05) is 42.5 Å². The molecule has 0 aliphatic carbocycles. The van der Waals surface area contributed by atoms with E-state index in [9.17, 15) is 0 Å². The molecule has 0 aromatic heterocycles. The van der Waals surface area contributed by atoms with Gasteiger partial charge in [0.15, 0.2) is 5.96 Å². The van der Waals surface area contributed by atoms with Crippen molar-refractivity contribution in [1.82, 2.24) is 10.6 Å². The van der Waals surface area contributed by atoms with Crippen LogP contribution < -0.4 is 10.6 Å². The maximum atomic E-state index is 6.01. The Labute approximate surface area is 196 Å². The Hall–Kier alpha value is -1.25. The highest BCUT2D eigenvalue weighted by Crippen LogP contribution is 2.33. The minimum atomic E-state index is 0. The topological polar surface area (TPSA) is 45.7 Å². The summed E-state index contributed by atoms with van der Waals surface area (Å²) in [7, 11) is 0. The maximum absolute atomic E-state index is 6.01. The minimum Gasteiger partial charge on any atom is -0.373 e. The number of hydrogen-bond acceptors (Lipinski definition) is 3. The molecule has 0 amide bonds. The number of halogens is 1. The number of guanidine groups is 1. The van der Waals surface area contributed by atoms with Gasteiger partial charge >= 0.3 is 0 Å². The standard InChI is InChI=1S/C23H31N3OS.HI/c1-4-24-23(25-15-19-11-10-17(2)14-21(19)28-3)26-16-20-12-13-27-22(20)18-8-6-5-7-9-18;/h5-11,14,20,22H,4,12-13,15-16H2,1-3H3,(H2,24,25,26);1H. The van der Waals surface area contributed by atoms with E-state index in [-0.39, 0.29) is 30.1 Å². The zero-order valence-electron chi connectivity index (χ0n) is 17.5. The van der Waals surface area contributed by atoms with E-state index in [1.807, 2.05) is 0 Å². The predicted octanol–water partition coefficient (Wildman–Crippen LogP) is 5.17. The highest BCUT2D eigenvalue weighted by molar-refractivity contribution is 14.0. The first kappa shape index (κ1) is 24.0. The summed E-state index contributed by atoms with van der Waals surface area (Å²) in [5.74, 6) is 1.32. The van der Waals surface area contributed by atoms with E-state index in [1.54, 1.807) is 11.8 Å². The van der Waals surface area contributed by atoms with E-state index in [4.69, 9.17) is 9.73 Å². The van der Waals surface area contributed by atoms with Gasteiger partial charge in [-0.2, -0.15) is 0 Å². The molecule has 158 valence electrons. The lowest BCUT2D eigenvalue weighted by Crippen LogP contribution is -2.40. The van der Waals surface area contributed by atoms with Crippen molar-refractivity contribution < 1.29 is 4.74 Å². The third-order valence-corrected chi connectivity index (χ3v) is 5.89. The third-order valence-electron chi connectivity index (χ3n) is 5.07. The Morgan fingerprint density at radius 2 is 1.97 bits per heavy atom. The molecule has 1 saturated heterocycles. The molecule has 0 spiro atoms. The average molecular weight is 526 g/mol. The highest BCUT2D eigenvalue weighted by Gasteiger charge is 2.29. The lowest BCUT2D eigenvalue weighted by atomic mass is 9.95. The molecule has 4 nitrogen and oxygen atoms in total. The number of hydrogen-bond donors (Lipinski definition) is 2. The largest absolute Gasteiger partial charge is 0.373 e.